The maximum atomic E-state index is 5.99. The monoisotopic (exact) mass is 318 g/mol. The van der Waals surface area contributed by atoms with E-state index >= 15 is 0 Å². The highest BCUT2D eigenvalue weighted by atomic mass is 35.5. The molecule has 21 heavy (non-hydrogen) atoms. The van der Waals surface area contributed by atoms with E-state index in [0.717, 1.165) is 30.6 Å². The van der Waals surface area contributed by atoms with Crippen LogP contribution in [-0.2, 0) is 6.42 Å². The third kappa shape index (κ3) is 2.85. The van der Waals surface area contributed by atoms with E-state index < -0.39 is 0 Å². The van der Waals surface area contributed by atoms with Gasteiger partial charge in [-0.15, -0.1) is 22.9 Å². The minimum Gasteiger partial charge on any atom is -0.319 e. The molecule has 1 atom stereocenters. The van der Waals surface area contributed by atoms with Crippen molar-refractivity contribution >= 4 is 34.0 Å². The number of hydrogen-bond acceptors (Lipinski definition) is 2. The fourth-order valence-corrected chi connectivity index (χ4v) is 3.88. The SMILES string of the molecule is CCCC(c1cccs1)n1c(CCCl)nc2ccccc21. The first-order valence-electron chi connectivity index (χ1n) is 7.40. The molecule has 0 bridgehead atoms. The number of hydrogen-bond donors (Lipinski definition) is 0. The zero-order valence-electron chi connectivity index (χ0n) is 12.1. The van der Waals surface area contributed by atoms with Gasteiger partial charge in [-0.25, -0.2) is 4.98 Å². The van der Waals surface area contributed by atoms with Crippen LogP contribution in [-0.4, -0.2) is 15.4 Å². The summed E-state index contributed by atoms with van der Waals surface area (Å²) in [6, 6.07) is 13.1. The summed E-state index contributed by atoms with van der Waals surface area (Å²) >= 11 is 7.81. The fourth-order valence-electron chi connectivity index (χ4n) is 2.86. The number of aryl methyl sites for hydroxylation is 1. The molecule has 3 aromatic rings. The van der Waals surface area contributed by atoms with Gasteiger partial charge in [0.1, 0.15) is 5.82 Å². The molecule has 3 rings (SSSR count). The van der Waals surface area contributed by atoms with E-state index in [-0.39, 0.29) is 0 Å². The second-order valence-electron chi connectivity index (χ2n) is 5.15. The predicted octanol–water partition coefficient (Wildman–Crippen LogP) is 5.27. The Balaban J connectivity index is 2.17. The molecule has 0 fully saturated rings. The van der Waals surface area contributed by atoms with Crippen molar-refractivity contribution in [3.8, 4) is 0 Å². The average Bonchev–Trinajstić information content (AvgIpc) is 3.13. The van der Waals surface area contributed by atoms with Crippen molar-refractivity contribution < 1.29 is 0 Å². The zero-order valence-corrected chi connectivity index (χ0v) is 13.7. The van der Waals surface area contributed by atoms with Gasteiger partial charge in [0, 0.05) is 17.2 Å². The molecule has 2 nitrogen and oxygen atoms in total. The summed E-state index contributed by atoms with van der Waals surface area (Å²) < 4.78 is 2.40. The Kier molecular flexibility index (Phi) is 4.61. The summed E-state index contributed by atoms with van der Waals surface area (Å²) in [5.41, 5.74) is 2.28. The number of aromatic nitrogens is 2. The summed E-state index contributed by atoms with van der Waals surface area (Å²) in [4.78, 5) is 6.20. The second-order valence-corrected chi connectivity index (χ2v) is 6.50. The molecule has 0 saturated heterocycles. The molecule has 0 N–H and O–H groups in total. The molecule has 110 valence electrons. The van der Waals surface area contributed by atoms with Crippen molar-refractivity contribution in [2.24, 2.45) is 0 Å². The molecular formula is C17H19ClN2S. The lowest BCUT2D eigenvalue weighted by Gasteiger charge is -2.20. The standard InChI is InChI=1S/C17H19ClN2S/c1-2-6-15(16-9-5-12-21-16)20-14-8-4-3-7-13(14)19-17(20)10-11-18/h3-5,7-9,12,15H,2,6,10-11H2,1H3. The van der Waals surface area contributed by atoms with Crippen LogP contribution in [0.15, 0.2) is 41.8 Å². The van der Waals surface area contributed by atoms with E-state index in [4.69, 9.17) is 16.6 Å². The largest absolute Gasteiger partial charge is 0.319 e. The van der Waals surface area contributed by atoms with Crippen molar-refractivity contribution in [1.82, 2.24) is 9.55 Å². The minimum absolute atomic E-state index is 0.362. The Hall–Kier alpha value is -1.32. The normalized spacial score (nSPS) is 12.9. The van der Waals surface area contributed by atoms with Gasteiger partial charge in [-0.05, 0) is 30.0 Å². The van der Waals surface area contributed by atoms with Crippen LogP contribution in [0.1, 0.15) is 36.5 Å². The van der Waals surface area contributed by atoms with Crippen molar-refractivity contribution in [1.29, 1.82) is 0 Å². The maximum Gasteiger partial charge on any atom is 0.111 e. The molecule has 0 radical (unpaired) electrons. The van der Waals surface area contributed by atoms with Gasteiger partial charge in [0.2, 0.25) is 0 Å². The Morgan fingerprint density at radius 2 is 2.10 bits per heavy atom. The van der Waals surface area contributed by atoms with Crippen LogP contribution in [0.4, 0.5) is 0 Å². The number of fused-ring (bicyclic) bond motifs is 1. The highest BCUT2D eigenvalue weighted by molar-refractivity contribution is 7.10. The van der Waals surface area contributed by atoms with Crippen LogP contribution in [0.5, 0.6) is 0 Å². The van der Waals surface area contributed by atoms with Gasteiger partial charge in [0.15, 0.2) is 0 Å². The van der Waals surface area contributed by atoms with Crippen LogP contribution in [0.3, 0.4) is 0 Å². The molecule has 1 aromatic carbocycles. The van der Waals surface area contributed by atoms with E-state index in [1.165, 1.54) is 10.4 Å². The number of thiophene rings is 1. The molecule has 0 amide bonds. The molecule has 0 aliphatic rings. The fraction of sp³-hybridized carbons (Fsp3) is 0.353. The topological polar surface area (TPSA) is 17.8 Å². The molecule has 0 saturated carbocycles. The molecule has 2 heterocycles. The van der Waals surface area contributed by atoms with Gasteiger partial charge < -0.3 is 4.57 Å². The third-order valence-corrected chi connectivity index (χ3v) is 4.89. The molecule has 4 heteroatoms. The third-order valence-electron chi connectivity index (χ3n) is 3.73. The minimum atomic E-state index is 0.362. The van der Waals surface area contributed by atoms with Crippen LogP contribution >= 0.6 is 22.9 Å². The summed E-state index contributed by atoms with van der Waals surface area (Å²) in [5.74, 6) is 1.70. The Bertz CT molecular complexity index is 703. The quantitative estimate of drug-likeness (QED) is 0.566. The van der Waals surface area contributed by atoms with E-state index in [1.54, 1.807) is 0 Å². The van der Waals surface area contributed by atoms with Crippen LogP contribution in [0.2, 0.25) is 0 Å². The van der Waals surface area contributed by atoms with Gasteiger partial charge in [-0.2, -0.15) is 0 Å². The Labute approximate surface area is 134 Å². The highest BCUT2D eigenvalue weighted by Gasteiger charge is 2.20. The molecule has 0 aliphatic carbocycles. The van der Waals surface area contributed by atoms with Gasteiger partial charge >= 0.3 is 0 Å². The molecule has 0 aliphatic heterocycles. The summed E-state index contributed by atoms with van der Waals surface area (Å²) in [7, 11) is 0. The summed E-state index contributed by atoms with van der Waals surface area (Å²) in [5, 5.41) is 2.15. The molecule has 1 unspecified atom stereocenters. The van der Waals surface area contributed by atoms with Gasteiger partial charge in [-0.3, -0.25) is 0 Å². The number of imidazole rings is 1. The first kappa shape index (κ1) is 14.6. The summed E-state index contributed by atoms with van der Waals surface area (Å²) in [6.45, 7) is 2.24. The van der Waals surface area contributed by atoms with Crippen LogP contribution < -0.4 is 0 Å². The van der Waals surface area contributed by atoms with Gasteiger partial charge in [0.05, 0.1) is 17.1 Å². The zero-order chi connectivity index (χ0) is 14.7. The molecular weight excluding hydrogens is 300 g/mol. The van der Waals surface area contributed by atoms with Crippen molar-refractivity contribution in [3.63, 3.8) is 0 Å². The first-order valence-corrected chi connectivity index (χ1v) is 8.81. The number of rotatable bonds is 6. The summed E-state index contributed by atoms with van der Waals surface area (Å²) in [6.07, 6.45) is 3.08. The molecule has 0 spiro atoms. The van der Waals surface area contributed by atoms with E-state index in [0.29, 0.717) is 11.9 Å². The number of para-hydroxylation sites is 2. The number of alkyl halides is 1. The van der Waals surface area contributed by atoms with Crippen molar-refractivity contribution in [2.75, 3.05) is 5.88 Å². The second kappa shape index (κ2) is 6.63. The van der Waals surface area contributed by atoms with E-state index in [1.807, 2.05) is 17.4 Å². The number of halogens is 1. The van der Waals surface area contributed by atoms with Crippen LogP contribution in [0.25, 0.3) is 11.0 Å². The number of nitrogens with zero attached hydrogens (tertiary/aromatic N) is 2. The van der Waals surface area contributed by atoms with E-state index in [2.05, 4.69) is 47.2 Å². The Morgan fingerprint density at radius 1 is 1.24 bits per heavy atom. The van der Waals surface area contributed by atoms with Gasteiger partial charge in [0.25, 0.3) is 0 Å². The lowest BCUT2D eigenvalue weighted by Crippen LogP contribution is -2.13. The Morgan fingerprint density at radius 3 is 2.81 bits per heavy atom. The highest BCUT2D eigenvalue weighted by Crippen LogP contribution is 2.32. The molecule has 2 aromatic heterocycles. The smallest absolute Gasteiger partial charge is 0.111 e. The predicted molar refractivity (Wildman–Crippen MR) is 91.5 cm³/mol. The lowest BCUT2D eigenvalue weighted by molar-refractivity contribution is 0.535. The van der Waals surface area contributed by atoms with E-state index in [9.17, 15) is 0 Å². The maximum absolute atomic E-state index is 5.99. The van der Waals surface area contributed by atoms with Crippen molar-refractivity contribution in [3.05, 3.63) is 52.5 Å². The lowest BCUT2D eigenvalue weighted by atomic mass is 10.1. The number of benzene rings is 1. The van der Waals surface area contributed by atoms with Crippen LogP contribution in [0, 0.1) is 0 Å². The van der Waals surface area contributed by atoms with Gasteiger partial charge in [-0.1, -0.05) is 31.5 Å². The van der Waals surface area contributed by atoms with Crippen molar-refractivity contribution in [2.45, 2.75) is 32.2 Å². The first-order chi connectivity index (χ1) is 10.3. The average molecular weight is 319 g/mol.